The minimum Gasteiger partial charge on any atom is -0.372 e. The Morgan fingerprint density at radius 3 is 2.29 bits per heavy atom. The Labute approximate surface area is 204 Å². The largest absolute Gasteiger partial charge is 0.372 e. The van der Waals surface area contributed by atoms with Gasteiger partial charge in [-0.15, -0.1) is 0 Å². The second-order valence-electron chi connectivity index (χ2n) is 10.1. The summed E-state index contributed by atoms with van der Waals surface area (Å²) in [5.74, 6) is 0.575. The first-order valence-electron chi connectivity index (χ1n) is 12.8. The van der Waals surface area contributed by atoms with Crippen LogP contribution in [0.15, 0.2) is 33.1 Å². The van der Waals surface area contributed by atoms with Crippen molar-refractivity contribution in [2.45, 2.75) is 87.5 Å². The van der Waals surface area contributed by atoms with Gasteiger partial charge in [0.05, 0.1) is 17.1 Å². The van der Waals surface area contributed by atoms with Gasteiger partial charge >= 0.3 is 0 Å². The number of rotatable bonds is 9. The molecule has 6 nitrogen and oxygen atoms in total. The minimum absolute atomic E-state index is 0.0394. The van der Waals surface area contributed by atoms with Gasteiger partial charge in [-0.2, -0.15) is 9.78 Å². The molecule has 2 heterocycles. The van der Waals surface area contributed by atoms with Crippen molar-refractivity contribution in [2.24, 2.45) is 15.5 Å². The highest BCUT2D eigenvalue weighted by atomic mass is 16.1. The molecule has 0 unspecified atom stereocenters. The van der Waals surface area contributed by atoms with E-state index in [4.69, 9.17) is 15.1 Å². The Bertz CT molecular complexity index is 1150. The van der Waals surface area contributed by atoms with E-state index in [0.29, 0.717) is 11.5 Å². The van der Waals surface area contributed by atoms with Crippen LogP contribution in [-0.2, 0) is 12.8 Å². The minimum atomic E-state index is -0.275. The third-order valence-electron chi connectivity index (χ3n) is 6.40. The van der Waals surface area contributed by atoms with E-state index in [0.717, 1.165) is 73.4 Å². The SMILES string of the molecule is CCCCc1c(CCC)nc2n(c1=O)N=C(C(C)(C)C)C2=Nc1ccc(N(CC)CC)cc1C. The lowest BCUT2D eigenvalue weighted by atomic mass is 9.87. The number of nitrogens with zero attached hydrogens (tertiary/aromatic N) is 5. The lowest BCUT2D eigenvalue weighted by molar-refractivity contribution is 0.592. The van der Waals surface area contributed by atoms with E-state index < -0.39 is 0 Å². The Hall–Kier alpha value is -2.76. The van der Waals surface area contributed by atoms with Crippen molar-refractivity contribution in [3.8, 4) is 0 Å². The second-order valence-corrected chi connectivity index (χ2v) is 10.1. The Morgan fingerprint density at radius 2 is 1.74 bits per heavy atom. The van der Waals surface area contributed by atoms with Gasteiger partial charge in [0.15, 0.2) is 5.82 Å². The molecule has 0 fully saturated rings. The van der Waals surface area contributed by atoms with E-state index in [1.807, 2.05) is 0 Å². The molecule has 1 aliphatic heterocycles. The predicted octanol–water partition coefficient (Wildman–Crippen LogP) is 6.08. The molecule has 3 rings (SSSR count). The highest BCUT2D eigenvalue weighted by molar-refractivity contribution is 6.50. The van der Waals surface area contributed by atoms with E-state index in [9.17, 15) is 4.79 Å². The number of benzene rings is 1. The summed E-state index contributed by atoms with van der Waals surface area (Å²) in [6.07, 6.45) is 4.50. The van der Waals surface area contributed by atoms with Crippen molar-refractivity contribution in [3.05, 3.63) is 51.2 Å². The van der Waals surface area contributed by atoms with Crippen LogP contribution in [0.2, 0.25) is 0 Å². The van der Waals surface area contributed by atoms with Gasteiger partial charge in [0.25, 0.3) is 5.56 Å². The average molecular weight is 464 g/mol. The average Bonchev–Trinajstić information content (AvgIpc) is 3.15. The Kier molecular flexibility index (Phi) is 8.11. The molecule has 0 spiro atoms. The van der Waals surface area contributed by atoms with Gasteiger partial charge in [-0.25, -0.2) is 9.98 Å². The number of aromatic nitrogens is 2. The summed E-state index contributed by atoms with van der Waals surface area (Å²) in [4.78, 5) is 26.0. The lowest BCUT2D eigenvalue weighted by Crippen LogP contribution is -2.29. The summed E-state index contributed by atoms with van der Waals surface area (Å²) in [5.41, 5.74) is 6.09. The van der Waals surface area contributed by atoms with Crippen LogP contribution in [0.5, 0.6) is 0 Å². The summed E-state index contributed by atoms with van der Waals surface area (Å²) < 4.78 is 1.50. The molecule has 1 aromatic carbocycles. The van der Waals surface area contributed by atoms with Crippen molar-refractivity contribution < 1.29 is 0 Å². The monoisotopic (exact) mass is 463 g/mol. The molecule has 6 heteroatoms. The van der Waals surface area contributed by atoms with E-state index in [-0.39, 0.29) is 11.0 Å². The van der Waals surface area contributed by atoms with E-state index in [1.54, 1.807) is 0 Å². The summed E-state index contributed by atoms with van der Waals surface area (Å²) in [6, 6.07) is 6.38. The lowest BCUT2D eigenvalue weighted by Gasteiger charge is -2.22. The van der Waals surface area contributed by atoms with Crippen LogP contribution in [0.4, 0.5) is 11.4 Å². The van der Waals surface area contributed by atoms with Crippen molar-refractivity contribution >= 4 is 22.8 Å². The number of aliphatic imine (C=N–C) groups is 1. The molecule has 0 bridgehead atoms. The van der Waals surface area contributed by atoms with Crippen LogP contribution in [-0.4, -0.2) is 34.2 Å². The van der Waals surface area contributed by atoms with Gasteiger partial charge in [0.1, 0.15) is 5.71 Å². The number of hydrogen-bond donors (Lipinski definition) is 0. The first-order valence-corrected chi connectivity index (χ1v) is 12.8. The van der Waals surface area contributed by atoms with E-state index in [1.165, 1.54) is 10.4 Å². The molecule has 0 amide bonds. The maximum absolute atomic E-state index is 13.5. The molecule has 0 radical (unpaired) electrons. The van der Waals surface area contributed by atoms with Gasteiger partial charge in [0, 0.05) is 29.8 Å². The van der Waals surface area contributed by atoms with Crippen LogP contribution < -0.4 is 10.5 Å². The van der Waals surface area contributed by atoms with Gasteiger partial charge in [-0.3, -0.25) is 4.79 Å². The summed E-state index contributed by atoms with van der Waals surface area (Å²) >= 11 is 0. The maximum atomic E-state index is 13.5. The molecule has 0 atom stereocenters. The van der Waals surface area contributed by atoms with Crippen molar-refractivity contribution in [1.82, 2.24) is 9.66 Å². The first-order chi connectivity index (χ1) is 16.2. The number of aryl methyl sites for hydroxylation is 2. The van der Waals surface area contributed by atoms with Gasteiger partial charge in [-0.1, -0.05) is 47.5 Å². The number of hydrogen-bond acceptors (Lipinski definition) is 5. The van der Waals surface area contributed by atoms with Gasteiger partial charge in [-0.05, 0) is 63.8 Å². The summed E-state index contributed by atoms with van der Waals surface area (Å²) in [6.45, 7) is 19.0. The molecule has 0 saturated heterocycles. The third kappa shape index (κ3) is 5.16. The number of fused-ring (bicyclic) bond motifs is 1. The fraction of sp³-hybridized carbons (Fsp3) is 0.571. The molecule has 1 aliphatic rings. The van der Waals surface area contributed by atoms with E-state index >= 15 is 0 Å². The van der Waals surface area contributed by atoms with Crippen LogP contribution in [0.25, 0.3) is 0 Å². The van der Waals surface area contributed by atoms with Gasteiger partial charge < -0.3 is 4.90 Å². The van der Waals surface area contributed by atoms with Crippen LogP contribution in [0.1, 0.15) is 90.4 Å². The van der Waals surface area contributed by atoms with Crippen molar-refractivity contribution in [1.29, 1.82) is 0 Å². The zero-order valence-electron chi connectivity index (χ0n) is 22.3. The molecule has 0 N–H and O–H groups in total. The molecule has 2 aromatic rings. The fourth-order valence-electron chi connectivity index (χ4n) is 4.42. The topological polar surface area (TPSA) is 62.9 Å². The maximum Gasteiger partial charge on any atom is 0.277 e. The normalized spacial score (nSPS) is 14.5. The van der Waals surface area contributed by atoms with Crippen LogP contribution >= 0.6 is 0 Å². The summed E-state index contributed by atoms with van der Waals surface area (Å²) in [7, 11) is 0. The summed E-state index contributed by atoms with van der Waals surface area (Å²) in [5, 5.41) is 4.79. The van der Waals surface area contributed by atoms with Gasteiger partial charge in [0.2, 0.25) is 0 Å². The Morgan fingerprint density at radius 1 is 1.03 bits per heavy atom. The zero-order chi connectivity index (χ0) is 25.0. The van der Waals surface area contributed by atoms with Crippen molar-refractivity contribution in [2.75, 3.05) is 18.0 Å². The fourth-order valence-corrected chi connectivity index (χ4v) is 4.42. The Balaban J connectivity index is 2.20. The number of anilines is 1. The van der Waals surface area contributed by atoms with Crippen LogP contribution in [0.3, 0.4) is 0 Å². The molecule has 34 heavy (non-hydrogen) atoms. The third-order valence-corrected chi connectivity index (χ3v) is 6.40. The molecular formula is C28H41N5O. The molecule has 0 aliphatic carbocycles. The first kappa shape index (κ1) is 25.9. The van der Waals surface area contributed by atoms with E-state index in [2.05, 4.69) is 78.5 Å². The molecule has 1 aromatic heterocycles. The highest BCUT2D eigenvalue weighted by Crippen LogP contribution is 2.30. The quantitative estimate of drug-likeness (QED) is 0.453. The standard InChI is InChI=1S/C28H41N5O/c1-9-13-15-21-23(14-10-2)30-26-24(25(28(6,7)8)31-33(26)27(21)34)29-22-17-16-20(18-19(22)5)32(11-3)12-4/h16-18H,9-15H2,1-8H3. The molecule has 184 valence electrons. The van der Waals surface area contributed by atoms with Crippen LogP contribution in [0, 0.1) is 12.3 Å². The molecular weight excluding hydrogens is 422 g/mol. The van der Waals surface area contributed by atoms with Crippen molar-refractivity contribution in [3.63, 3.8) is 0 Å². The second kappa shape index (κ2) is 10.7. The zero-order valence-corrected chi connectivity index (χ0v) is 22.3. The molecule has 0 saturated carbocycles. The number of unbranched alkanes of at least 4 members (excludes halogenated alkanes) is 1. The smallest absolute Gasteiger partial charge is 0.277 e. The predicted molar refractivity (Wildman–Crippen MR) is 144 cm³/mol. The highest BCUT2D eigenvalue weighted by Gasteiger charge is 2.35.